The molecule has 6 rings (SSSR count). The molecule has 0 spiro atoms. The summed E-state index contributed by atoms with van der Waals surface area (Å²) in [4.78, 5) is 6.10. The van der Waals surface area contributed by atoms with Gasteiger partial charge in [-0.2, -0.15) is 33.7 Å². The zero-order valence-corrected chi connectivity index (χ0v) is 36.2. The number of aromatic hydroxyl groups is 1. The average molecular weight is 1000 g/mol. The zero-order valence-electron chi connectivity index (χ0n) is 31.3. The van der Waals surface area contributed by atoms with Crippen molar-refractivity contribution in [2.75, 3.05) is 5.73 Å². The molecule has 6 aromatic carbocycles. The van der Waals surface area contributed by atoms with Crippen molar-refractivity contribution < 1.29 is 80.7 Å². The largest absolute Gasteiger partial charge is 0.505 e. The summed E-state index contributed by atoms with van der Waals surface area (Å²) in [5, 5.41) is 48.1. The molecule has 0 atom stereocenters. The van der Waals surface area contributed by atoms with Gasteiger partial charge in [0.15, 0.2) is 5.75 Å². The average Bonchev–Trinajstić information content (AvgIpc) is 3.19. The van der Waals surface area contributed by atoms with Gasteiger partial charge < -0.3 is 15.0 Å². The normalized spacial score (nSPS) is 12.8. The van der Waals surface area contributed by atoms with Crippen molar-refractivity contribution in [1.82, 2.24) is 0 Å². The summed E-state index contributed by atoms with van der Waals surface area (Å²) in [6.07, 6.45) is 0. The van der Waals surface area contributed by atoms with Gasteiger partial charge in [0.2, 0.25) is 0 Å². The van der Waals surface area contributed by atoms with Crippen LogP contribution >= 0.6 is 24.1 Å². The SMILES string of the molecule is Cc1ccc(SOc2cc(S(=O)(=O)O)cc3c(S(=O)(=O)O)c(N=Nc4cc(S(=O)(=O)O)c5cc(SOOO)c(N=Nc6ccc([N+](=O)[O-])cc6S(=O)(=O)O)c(O)c5c4N)ccc23)cc1. The van der Waals surface area contributed by atoms with E-state index in [9.17, 15) is 67.1 Å². The maximum absolute atomic E-state index is 13.0. The van der Waals surface area contributed by atoms with Gasteiger partial charge >= 0.3 is 0 Å². The minimum Gasteiger partial charge on any atom is -0.505 e. The number of phenolic OH excluding ortho intramolecular Hbond substituents is 1. The molecular formula is C33H24N6O19S6. The van der Waals surface area contributed by atoms with E-state index in [2.05, 4.69) is 29.8 Å². The van der Waals surface area contributed by atoms with E-state index in [4.69, 9.17) is 15.2 Å². The molecule has 0 amide bonds. The van der Waals surface area contributed by atoms with Crippen molar-refractivity contribution in [3.63, 3.8) is 0 Å². The highest BCUT2D eigenvalue weighted by Gasteiger charge is 2.28. The number of nitro benzene ring substituents is 1. The molecule has 64 heavy (non-hydrogen) atoms. The lowest BCUT2D eigenvalue weighted by Crippen LogP contribution is -2.03. The Morgan fingerprint density at radius 2 is 1.30 bits per heavy atom. The number of nitrogen functional groups attached to an aromatic ring is 1. The molecule has 31 heteroatoms. The Morgan fingerprint density at radius 3 is 1.89 bits per heavy atom. The number of fused-ring (bicyclic) bond motifs is 2. The summed E-state index contributed by atoms with van der Waals surface area (Å²) in [6.45, 7) is 1.82. The molecule has 0 saturated heterocycles. The molecule has 0 aliphatic heterocycles. The highest BCUT2D eigenvalue weighted by molar-refractivity contribution is 7.95. The van der Waals surface area contributed by atoms with Gasteiger partial charge in [-0.15, -0.1) is 24.8 Å². The number of phenols is 1. The molecule has 8 N–H and O–H groups in total. The maximum Gasteiger partial charge on any atom is 0.297 e. The number of aryl methyl sites for hydroxylation is 1. The molecule has 25 nitrogen and oxygen atoms in total. The fraction of sp³-hybridized carbons (Fsp3) is 0.0303. The van der Waals surface area contributed by atoms with E-state index in [0.29, 0.717) is 23.1 Å². The molecule has 0 heterocycles. The van der Waals surface area contributed by atoms with Crippen LogP contribution in [0.2, 0.25) is 0 Å². The first-order valence-corrected chi connectivity index (χ1v) is 23.8. The molecule has 6 aromatic rings. The van der Waals surface area contributed by atoms with Gasteiger partial charge in [-0.1, -0.05) is 22.7 Å². The van der Waals surface area contributed by atoms with E-state index in [1.54, 1.807) is 24.3 Å². The van der Waals surface area contributed by atoms with Crippen LogP contribution in [0.15, 0.2) is 129 Å². The van der Waals surface area contributed by atoms with Crippen LogP contribution in [0.3, 0.4) is 0 Å². The topological polar surface area (TPSA) is 404 Å². The molecule has 0 bridgehead atoms. The molecule has 0 radical (unpaired) electrons. The van der Waals surface area contributed by atoms with E-state index in [1.165, 1.54) is 6.07 Å². The van der Waals surface area contributed by atoms with Crippen LogP contribution in [0, 0.1) is 17.0 Å². The van der Waals surface area contributed by atoms with Crippen molar-refractivity contribution in [3.8, 4) is 11.5 Å². The Hall–Kier alpha value is -5.94. The van der Waals surface area contributed by atoms with Crippen LogP contribution in [-0.2, 0) is 49.8 Å². The number of nitrogens with zero attached hydrogens (tertiary/aromatic N) is 5. The first kappa shape index (κ1) is 47.5. The second-order valence-electron chi connectivity index (χ2n) is 12.6. The first-order valence-electron chi connectivity index (χ1n) is 16.6. The molecular weight excluding hydrogens is 977 g/mol. The predicted octanol–water partition coefficient (Wildman–Crippen LogP) is 7.83. The zero-order chi connectivity index (χ0) is 47.1. The second kappa shape index (κ2) is 17.9. The summed E-state index contributed by atoms with van der Waals surface area (Å²) < 4.78 is 151. The number of azo groups is 2. The maximum atomic E-state index is 13.0. The Bertz CT molecular complexity index is 3440. The van der Waals surface area contributed by atoms with Gasteiger partial charge in [0.1, 0.15) is 43.2 Å². The van der Waals surface area contributed by atoms with Gasteiger partial charge in [0, 0.05) is 39.3 Å². The second-order valence-corrected chi connectivity index (χ2v) is 19.8. The molecule has 0 aromatic heterocycles. The summed E-state index contributed by atoms with van der Waals surface area (Å²) in [5.74, 6) is -1.45. The Morgan fingerprint density at radius 1 is 0.672 bits per heavy atom. The Balaban J connectivity index is 1.57. The van der Waals surface area contributed by atoms with E-state index in [1.807, 2.05) is 6.92 Å². The van der Waals surface area contributed by atoms with Crippen molar-refractivity contribution in [2.24, 2.45) is 20.5 Å². The van der Waals surface area contributed by atoms with Gasteiger partial charge in [0.25, 0.3) is 46.2 Å². The van der Waals surface area contributed by atoms with Crippen LogP contribution in [0.5, 0.6) is 11.5 Å². The molecule has 0 fully saturated rings. The number of benzene rings is 6. The third-order valence-electron chi connectivity index (χ3n) is 8.51. The minimum atomic E-state index is -5.42. The number of nitrogens with two attached hydrogens (primary N) is 1. The van der Waals surface area contributed by atoms with E-state index in [-0.39, 0.29) is 23.2 Å². The van der Waals surface area contributed by atoms with Crippen molar-refractivity contribution in [3.05, 3.63) is 94.5 Å². The highest BCUT2D eigenvalue weighted by Crippen LogP contribution is 2.50. The predicted molar refractivity (Wildman–Crippen MR) is 223 cm³/mol. The first-order chi connectivity index (χ1) is 29.8. The van der Waals surface area contributed by atoms with Gasteiger partial charge in [0.05, 0.1) is 49.9 Å². The van der Waals surface area contributed by atoms with E-state index in [0.717, 1.165) is 47.9 Å². The lowest BCUT2D eigenvalue weighted by molar-refractivity contribution is -0.432. The lowest BCUT2D eigenvalue weighted by atomic mass is 10.0. The molecule has 0 unspecified atom stereocenters. The Labute approximate surface area is 367 Å². The fourth-order valence-electron chi connectivity index (χ4n) is 5.73. The highest BCUT2D eigenvalue weighted by atomic mass is 32.2. The van der Waals surface area contributed by atoms with Gasteiger partial charge in [-0.05, 0) is 55.5 Å². The smallest absolute Gasteiger partial charge is 0.297 e. The summed E-state index contributed by atoms with van der Waals surface area (Å²) in [5.41, 5.74) is 2.71. The van der Waals surface area contributed by atoms with E-state index < -0.39 is 126 Å². The third kappa shape index (κ3) is 10.2. The number of nitro groups is 1. The summed E-state index contributed by atoms with van der Waals surface area (Å²) >= 11 is 0.758. The number of anilines is 1. The standard InChI is InChI=1S/C33H24N6O19S6/c1-15-2-5-17(6-3-15)59-56-25-12-18(61(44,45)46)11-20-19(25)7-9-23(33(20)64(53,54)55)36-37-24-14-27(62(47,48)49)21-13-26(60-58-57-43)31(32(40)29(21)30(24)34)38-35-22-8-4-16(39(41)42)10-28(22)63(50,51)52/h2-14,40,43H,34H2,1H3,(H,44,45,46)(H,47,48,49)(H,50,51,52)(H,53,54,55). The number of hydrogen-bond acceptors (Lipinski definition) is 22. The van der Waals surface area contributed by atoms with Crippen molar-refractivity contribution in [1.29, 1.82) is 0 Å². The monoisotopic (exact) mass is 1000 g/mol. The summed E-state index contributed by atoms with van der Waals surface area (Å²) in [6, 6.07) is 13.9. The van der Waals surface area contributed by atoms with E-state index >= 15 is 0 Å². The minimum absolute atomic E-state index is 0.0284. The number of hydrogen-bond donors (Lipinski definition) is 7. The van der Waals surface area contributed by atoms with Crippen LogP contribution in [-0.4, -0.2) is 67.2 Å². The van der Waals surface area contributed by atoms with Gasteiger partial charge in [-0.3, -0.25) is 28.3 Å². The molecule has 0 aliphatic carbocycles. The van der Waals surface area contributed by atoms with Crippen molar-refractivity contribution >= 4 is 120 Å². The van der Waals surface area contributed by atoms with Crippen LogP contribution in [0.25, 0.3) is 21.5 Å². The fourth-order valence-corrected chi connectivity index (χ4v) is 9.47. The van der Waals surface area contributed by atoms with Crippen molar-refractivity contribution in [2.45, 2.75) is 36.3 Å². The molecule has 336 valence electrons. The summed E-state index contributed by atoms with van der Waals surface area (Å²) in [7, 11) is -21.1. The lowest BCUT2D eigenvalue weighted by Gasteiger charge is -2.15. The van der Waals surface area contributed by atoms with Gasteiger partial charge in [-0.25, -0.2) is 5.26 Å². The molecule has 0 saturated carbocycles. The molecule has 0 aliphatic rings. The Kier molecular flexibility index (Phi) is 13.3. The van der Waals surface area contributed by atoms with Crippen LogP contribution in [0.1, 0.15) is 5.56 Å². The number of non-ortho nitro benzene ring substituents is 1. The quantitative estimate of drug-likeness (QED) is 0.00979. The van der Waals surface area contributed by atoms with Crippen LogP contribution < -0.4 is 9.92 Å². The van der Waals surface area contributed by atoms with Crippen LogP contribution in [0.4, 0.5) is 34.1 Å². The number of rotatable bonds is 15. The third-order valence-corrected chi connectivity index (χ3v) is 13.4.